The Bertz CT molecular complexity index is 91.7. The first-order valence-corrected chi connectivity index (χ1v) is 4.60. The average Bonchev–Trinajstić information content (AvgIpc) is 2.28. The summed E-state index contributed by atoms with van der Waals surface area (Å²) in [6.07, 6.45) is 0. The summed E-state index contributed by atoms with van der Waals surface area (Å²) in [5.41, 5.74) is 14.3. The Hall–Kier alpha value is -0.108. The molecule has 17 heavy (non-hydrogen) atoms. The fourth-order valence-electron chi connectivity index (χ4n) is 0. The second-order valence-electron chi connectivity index (χ2n) is 2.06. The van der Waals surface area contributed by atoms with Crippen molar-refractivity contribution in [2.45, 2.75) is 6.92 Å². The first-order valence-electron chi connectivity index (χ1n) is 4.60. The molecule has 8 nitrogen and oxygen atoms in total. The standard InChI is InChI=1S/3C2H7NO.C2H4O2.Pd/c3*3-1-2-4;1-2(3)4;/h3*4H,1-3H2;1H3,(H,3,4);. The summed E-state index contributed by atoms with van der Waals surface area (Å²) in [4.78, 5) is 9.00. The number of carboxylic acids is 1. The van der Waals surface area contributed by atoms with Crippen LogP contribution in [0.2, 0.25) is 0 Å². The monoisotopic (exact) mass is 349 g/mol. The van der Waals surface area contributed by atoms with Crippen LogP contribution in [0.4, 0.5) is 0 Å². The number of aliphatic hydroxyl groups excluding tert-OH is 3. The molecule has 0 heterocycles. The van der Waals surface area contributed by atoms with Gasteiger partial charge in [0.05, 0.1) is 19.8 Å². The Morgan fingerprint density at radius 3 is 0.941 bits per heavy atom. The number of carbonyl (C=O) groups is 1. The summed E-state index contributed by atoms with van der Waals surface area (Å²) in [6.45, 7) is 2.50. The van der Waals surface area contributed by atoms with Gasteiger partial charge in [0.25, 0.3) is 5.97 Å². The minimum Gasteiger partial charge on any atom is -0.481 e. The van der Waals surface area contributed by atoms with Crippen molar-refractivity contribution in [3.05, 3.63) is 0 Å². The number of carboxylic acid groups (broad SMARTS) is 1. The van der Waals surface area contributed by atoms with Gasteiger partial charge in [-0.15, -0.1) is 0 Å². The van der Waals surface area contributed by atoms with Crippen molar-refractivity contribution in [3.8, 4) is 0 Å². The van der Waals surface area contributed by atoms with E-state index in [2.05, 4.69) is 0 Å². The predicted molar refractivity (Wildman–Crippen MR) is 61.7 cm³/mol. The molecule has 0 saturated heterocycles. The van der Waals surface area contributed by atoms with E-state index in [0.29, 0.717) is 19.6 Å². The zero-order valence-corrected chi connectivity index (χ0v) is 11.5. The van der Waals surface area contributed by atoms with Gasteiger partial charge in [-0.25, -0.2) is 0 Å². The largest absolute Gasteiger partial charge is 0.481 e. The summed E-state index contributed by atoms with van der Waals surface area (Å²) >= 11 is 0. The van der Waals surface area contributed by atoms with E-state index >= 15 is 0 Å². The molecule has 0 aliphatic rings. The summed E-state index contributed by atoms with van der Waals surface area (Å²) in [5, 5.41) is 30.7. The zero-order valence-electron chi connectivity index (χ0n) is 9.99. The molecule has 0 aliphatic carbocycles. The normalized spacial score (nSPS) is 6.76. The van der Waals surface area contributed by atoms with Gasteiger partial charge in [0.15, 0.2) is 0 Å². The third-order valence-electron chi connectivity index (χ3n) is 0.387. The molecule has 0 saturated carbocycles. The van der Waals surface area contributed by atoms with Gasteiger partial charge < -0.3 is 37.6 Å². The molecule has 0 bridgehead atoms. The van der Waals surface area contributed by atoms with Crippen LogP contribution in [0.25, 0.3) is 0 Å². The molecular weight excluding hydrogens is 325 g/mol. The number of nitrogens with two attached hydrogens (primary N) is 3. The van der Waals surface area contributed by atoms with E-state index in [1.807, 2.05) is 0 Å². The smallest absolute Gasteiger partial charge is 0.300 e. The third-order valence-corrected chi connectivity index (χ3v) is 0.387. The summed E-state index contributed by atoms with van der Waals surface area (Å²) < 4.78 is 0. The van der Waals surface area contributed by atoms with Crippen molar-refractivity contribution in [1.82, 2.24) is 0 Å². The molecule has 0 aromatic heterocycles. The maximum absolute atomic E-state index is 9.00. The fourth-order valence-corrected chi connectivity index (χ4v) is 0. The van der Waals surface area contributed by atoms with Crippen molar-refractivity contribution >= 4 is 5.97 Å². The van der Waals surface area contributed by atoms with Crippen LogP contribution in [0.3, 0.4) is 0 Å². The maximum atomic E-state index is 9.00. The van der Waals surface area contributed by atoms with E-state index in [1.165, 1.54) is 0 Å². The SMILES string of the molecule is CC(=O)O.NCCO.NCCO.NCCO.[Pd]. The van der Waals surface area contributed by atoms with Crippen LogP contribution < -0.4 is 17.2 Å². The molecule has 0 aromatic carbocycles. The van der Waals surface area contributed by atoms with Crippen molar-refractivity contribution in [2.75, 3.05) is 39.5 Å². The van der Waals surface area contributed by atoms with E-state index in [-0.39, 0.29) is 40.2 Å². The van der Waals surface area contributed by atoms with Gasteiger partial charge >= 0.3 is 0 Å². The number of aliphatic carboxylic acids is 1. The topological polar surface area (TPSA) is 176 Å². The molecule has 0 atom stereocenters. The first-order chi connectivity index (χ1) is 7.47. The van der Waals surface area contributed by atoms with E-state index < -0.39 is 5.97 Å². The van der Waals surface area contributed by atoms with Gasteiger partial charge in [-0.2, -0.15) is 0 Å². The van der Waals surface area contributed by atoms with Crippen molar-refractivity contribution < 1.29 is 45.6 Å². The molecule has 0 aromatic rings. The Morgan fingerprint density at radius 1 is 0.882 bits per heavy atom. The molecule has 0 amide bonds. The van der Waals surface area contributed by atoms with Crippen LogP contribution in [-0.2, 0) is 25.2 Å². The maximum Gasteiger partial charge on any atom is 0.300 e. The van der Waals surface area contributed by atoms with Gasteiger partial charge in [-0.05, 0) is 0 Å². The van der Waals surface area contributed by atoms with E-state index in [0.717, 1.165) is 6.92 Å². The number of rotatable bonds is 3. The van der Waals surface area contributed by atoms with Crippen LogP contribution in [0.15, 0.2) is 0 Å². The molecule has 0 spiro atoms. The summed E-state index contributed by atoms with van der Waals surface area (Å²) in [5.74, 6) is -0.833. The van der Waals surface area contributed by atoms with Crippen LogP contribution in [-0.4, -0.2) is 65.9 Å². The fraction of sp³-hybridized carbons (Fsp3) is 0.875. The number of hydrogen-bond donors (Lipinski definition) is 7. The molecule has 0 fully saturated rings. The van der Waals surface area contributed by atoms with E-state index in [1.54, 1.807) is 0 Å². The average molecular weight is 350 g/mol. The number of aliphatic hydroxyl groups is 3. The minimum absolute atomic E-state index is 0. The van der Waals surface area contributed by atoms with E-state index in [4.69, 9.17) is 42.4 Å². The molecular formula is C8H25N3O5Pd. The number of hydrogen-bond acceptors (Lipinski definition) is 7. The first kappa shape index (κ1) is 30.2. The van der Waals surface area contributed by atoms with Gasteiger partial charge in [0.1, 0.15) is 0 Å². The quantitative estimate of drug-likeness (QED) is 0.262. The zero-order chi connectivity index (χ0) is 13.8. The third kappa shape index (κ3) is 367. The van der Waals surface area contributed by atoms with Crippen LogP contribution in [0.1, 0.15) is 6.92 Å². The predicted octanol–water partition coefficient (Wildman–Crippen LogP) is -3.10. The molecule has 0 aliphatic heterocycles. The molecule has 0 unspecified atom stereocenters. The van der Waals surface area contributed by atoms with Gasteiger partial charge in [-0.1, -0.05) is 0 Å². The molecule has 10 N–H and O–H groups in total. The Morgan fingerprint density at radius 2 is 0.941 bits per heavy atom. The van der Waals surface area contributed by atoms with Gasteiger partial charge in [0.2, 0.25) is 0 Å². The molecule has 0 radical (unpaired) electrons. The van der Waals surface area contributed by atoms with Gasteiger partial charge in [-0.3, -0.25) is 4.79 Å². The van der Waals surface area contributed by atoms with Crippen LogP contribution in [0, 0.1) is 0 Å². The second kappa shape index (κ2) is 44.6. The Kier molecular flexibility index (Phi) is 79.1. The van der Waals surface area contributed by atoms with Crippen molar-refractivity contribution in [3.63, 3.8) is 0 Å². The summed E-state index contributed by atoms with van der Waals surface area (Å²) in [7, 11) is 0. The minimum atomic E-state index is -0.833. The molecule has 112 valence electrons. The molecule has 9 heteroatoms. The Balaban J connectivity index is -0.0000000369. The van der Waals surface area contributed by atoms with Crippen molar-refractivity contribution in [1.29, 1.82) is 0 Å². The van der Waals surface area contributed by atoms with E-state index in [9.17, 15) is 0 Å². The Labute approximate surface area is 115 Å². The van der Waals surface area contributed by atoms with Gasteiger partial charge in [0, 0.05) is 47.0 Å². The molecule has 0 rings (SSSR count). The summed E-state index contributed by atoms with van der Waals surface area (Å²) in [6, 6.07) is 0. The van der Waals surface area contributed by atoms with Crippen LogP contribution >= 0.6 is 0 Å². The second-order valence-corrected chi connectivity index (χ2v) is 2.06. The van der Waals surface area contributed by atoms with Crippen LogP contribution in [0.5, 0.6) is 0 Å². The van der Waals surface area contributed by atoms with Crippen molar-refractivity contribution in [2.24, 2.45) is 17.2 Å².